The van der Waals surface area contributed by atoms with E-state index < -0.39 is 0 Å². The molecule has 0 aliphatic heterocycles. The number of ketones is 1. The Morgan fingerprint density at radius 1 is 0.818 bits per heavy atom. The highest BCUT2D eigenvalue weighted by atomic mass is 31.1. The smallest absolute Gasteiger partial charge is 0.187 e. The van der Waals surface area contributed by atoms with Crippen molar-refractivity contribution >= 4 is 30.8 Å². The van der Waals surface area contributed by atoms with Gasteiger partial charge in [-0.3, -0.25) is 4.79 Å². The van der Waals surface area contributed by atoms with Crippen molar-refractivity contribution in [2.75, 3.05) is 0 Å². The monoisotopic (exact) mass is 464 g/mol. The van der Waals surface area contributed by atoms with Crippen LogP contribution in [0.1, 0.15) is 103 Å². The summed E-state index contributed by atoms with van der Waals surface area (Å²) in [5.74, 6) is 0.933. The molecule has 33 heavy (non-hydrogen) atoms. The van der Waals surface area contributed by atoms with Crippen molar-refractivity contribution in [3.63, 3.8) is 0 Å². The average Bonchev–Trinajstić information content (AvgIpc) is 2.86. The van der Waals surface area contributed by atoms with E-state index in [0.29, 0.717) is 18.2 Å². The van der Waals surface area contributed by atoms with Gasteiger partial charge < -0.3 is 0 Å². The standard InChI is InChI=1S/C29H41N2OP/c1-21-12-15-23(16-13-21)30-31-29-27-18-17-26(20-22(27)14-19-28(29)32)33(24-8-4-2-5-9-24)25-10-6-3-7-11-25/h14,17-18,20-21,23-25H,2-13,15-16,19H2,1H3. The second-order valence-corrected chi connectivity index (χ2v) is 13.9. The normalized spacial score (nSPS) is 27.7. The average molecular weight is 465 g/mol. The number of Topliss-reactive ketones (excluding diaryl/α,β-unsaturated/α-hetero) is 1. The minimum atomic E-state index is -0.123. The third kappa shape index (κ3) is 5.50. The number of azo groups is 1. The van der Waals surface area contributed by atoms with Crippen LogP contribution in [0.3, 0.4) is 0 Å². The molecule has 0 N–H and O–H groups in total. The topological polar surface area (TPSA) is 41.8 Å². The molecule has 178 valence electrons. The van der Waals surface area contributed by atoms with Crippen molar-refractivity contribution in [2.24, 2.45) is 16.1 Å². The number of carbonyl (C=O) groups is 1. The van der Waals surface area contributed by atoms with Crippen molar-refractivity contribution in [3.8, 4) is 0 Å². The Labute approximate surface area is 201 Å². The summed E-state index contributed by atoms with van der Waals surface area (Å²) in [6.45, 7) is 2.33. The quantitative estimate of drug-likeness (QED) is 0.370. The van der Waals surface area contributed by atoms with Crippen LogP contribution in [0.25, 0.3) is 11.8 Å². The lowest BCUT2D eigenvalue weighted by atomic mass is 9.88. The van der Waals surface area contributed by atoms with E-state index >= 15 is 0 Å². The molecule has 1 aromatic rings. The van der Waals surface area contributed by atoms with Crippen LogP contribution in [-0.4, -0.2) is 23.1 Å². The maximum atomic E-state index is 12.8. The summed E-state index contributed by atoms with van der Waals surface area (Å²) in [6.07, 6.45) is 21.5. The number of carbonyl (C=O) groups excluding carboxylic acids is 1. The van der Waals surface area contributed by atoms with E-state index in [1.807, 2.05) is 0 Å². The molecule has 3 nitrogen and oxygen atoms in total. The summed E-state index contributed by atoms with van der Waals surface area (Å²) < 4.78 is 0. The van der Waals surface area contributed by atoms with Gasteiger partial charge in [-0.25, -0.2) is 0 Å². The molecule has 0 heterocycles. The van der Waals surface area contributed by atoms with Crippen molar-refractivity contribution in [1.82, 2.24) is 0 Å². The van der Waals surface area contributed by atoms with Gasteiger partial charge in [0.2, 0.25) is 0 Å². The number of fused-ring (bicyclic) bond motifs is 1. The van der Waals surface area contributed by atoms with Crippen LogP contribution in [0.15, 0.2) is 28.4 Å². The molecule has 0 aromatic heterocycles. The fourth-order valence-corrected chi connectivity index (χ4v) is 10.4. The van der Waals surface area contributed by atoms with Crippen LogP contribution in [0.2, 0.25) is 0 Å². The van der Waals surface area contributed by atoms with Gasteiger partial charge in [-0.2, -0.15) is 10.2 Å². The Bertz CT molecular complexity index is 961. The van der Waals surface area contributed by atoms with Gasteiger partial charge in [-0.1, -0.05) is 71.6 Å². The van der Waals surface area contributed by atoms with Crippen LogP contribution in [0.4, 0.5) is 0 Å². The molecule has 0 radical (unpaired) electrons. The minimum Gasteiger partial charge on any atom is -0.292 e. The molecule has 0 saturated heterocycles. The molecule has 0 spiro atoms. The first-order valence-electron chi connectivity index (χ1n) is 13.8. The molecule has 4 aliphatic carbocycles. The minimum absolute atomic E-state index is 0.123. The van der Waals surface area contributed by atoms with E-state index in [1.165, 1.54) is 82.3 Å². The van der Waals surface area contributed by atoms with Crippen LogP contribution in [0, 0.1) is 5.92 Å². The van der Waals surface area contributed by atoms with Gasteiger partial charge in [0, 0.05) is 11.6 Å². The Kier molecular flexibility index (Phi) is 7.76. The SMILES string of the molecule is CC1CCC(N=NC2=c3ccc(P(C4CCCCC4)C4CCCCC4)cc3=CCC2=O)CC1. The van der Waals surface area contributed by atoms with Crippen molar-refractivity contribution in [2.45, 2.75) is 121 Å². The highest BCUT2D eigenvalue weighted by molar-refractivity contribution is 7.67. The lowest BCUT2D eigenvalue weighted by molar-refractivity contribution is -0.113. The Balaban J connectivity index is 1.46. The maximum absolute atomic E-state index is 12.8. The van der Waals surface area contributed by atoms with Gasteiger partial charge in [0.25, 0.3) is 0 Å². The van der Waals surface area contributed by atoms with E-state index in [9.17, 15) is 4.79 Å². The first-order valence-corrected chi connectivity index (χ1v) is 15.2. The summed E-state index contributed by atoms with van der Waals surface area (Å²) in [5, 5.41) is 13.1. The molecule has 0 unspecified atom stereocenters. The van der Waals surface area contributed by atoms with Gasteiger partial charge in [0.15, 0.2) is 5.78 Å². The largest absolute Gasteiger partial charge is 0.292 e. The van der Waals surface area contributed by atoms with E-state index in [-0.39, 0.29) is 13.7 Å². The van der Waals surface area contributed by atoms with Crippen molar-refractivity contribution in [1.29, 1.82) is 0 Å². The fourth-order valence-electron chi connectivity index (χ4n) is 6.59. The number of hydrogen-bond acceptors (Lipinski definition) is 3. The van der Waals surface area contributed by atoms with Crippen LogP contribution in [0.5, 0.6) is 0 Å². The van der Waals surface area contributed by atoms with Gasteiger partial charge in [-0.05, 0) is 85.2 Å². The van der Waals surface area contributed by atoms with E-state index in [0.717, 1.165) is 35.3 Å². The summed E-state index contributed by atoms with van der Waals surface area (Å²) in [4.78, 5) is 12.8. The lowest BCUT2D eigenvalue weighted by Gasteiger charge is -2.38. The predicted octanol–water partition coefficient (Wildman–Crippen LogP) is 6.35. The fraction of sp³-hybridized carbons (Fsp3) is 0.690. The molecule has 0 amide bonds. The van der Waals surface area contributed by atoms with E-state index in [1.54, 1.807) is 5.30 Å². The zero-order valence-corrected chi connectivity index (χ0v) is 21.4. The number of hydrogen-bond donors (Lipinski definition) is 0. The van der Waals surface area contributed by atoms with Crippen molar-refractivity contribution < 1.29 is 4.79 Å². The molecule has 0 atom stereocenters. The Morgan fingerprint density at radius 2 is 1.45 bits per heavy atom. The highest BCUT2D eigenvalue weighted by Gasteiger charge is 2.32. The third-order valence-electron chi connectivity index (χ3n) is 8.60. The van der Waals surface area contributed by atoms with Gasteiger partial charge in [-0.15, -0.1) is 0 Å². The van der Waals surface area contributed by atoms with E-state index in [4.69, 9.17) is 0 Å². The number of nitrogens with zero attached hydrogens (tertiary/aromatic N) is 2. The van der Waals surface area contributed by atoms with Crippen molar-refractivity contribution in [3.05, 3.63) is 28.6 Å². The first kappa shape index (κ1) is 23.4. The summed E-state index contributed by atoms with van der Waals surface area (Å²) in [5.41, 5.74) is 2.41. The molecular formula is C29H41N2OP. The van der Waals surface area contributed by atoms with E-state index in [2.05, 4.69) is 41.4 Å². The first-order chi connectivity index (χ1) is 16.2. The molecule has 1 aromatic carbocycles. The molecule has 3 saturated carbocycles. The Hall–Kier alpha value is -1.34. The molecular weight excluding hydrogens is 423 g/mol. The second-order valence-electron chi connectivity index (χ2n) is 11.1. The zero-order chi connectivity index (χ0) is 22.6. The van der Waals surface area contributed by atoms with Gasteiger partial charge in [0.05, 0.1) is 6.04 Å². The van der Waals surface area contributed by atoms with Crippen LogP contribution >= 0.6 is 7.92 Å². The molecule has 4 aliphatic rings. The summed E-state index contributed by atoms with van der Waals surface area (Å²) >= 11 is 0. The lowest BCUT2D eigenvalue weighted by Crippen LogP contribution is -2.36. The van der Waals surface area contributed by atoms with Gasteiger partial charge in [0.1, 0.15) is 5.70 Å². The highest BCUT2D eigenvalue weighted by Crippen LogP contribution is 2.54. The molecule has 0 bridgehead atoms. The second kappa shape index (κ2) is 10.9. The summed E-state index contributed by atoms with van der Waals surface area (Å²) in [7, 11) is -0.123. The van der Waals surface area contributed by atoms with Gasteiger partial charge >= 0.3 is 0 Å². The molecule has 4 heteroatoms. The van der Waals surface area contributed by atoms with Crippen LogP contribution < -0.4 is 15.7 Å². The summed E-state index contributed by atoms with van der Waals surface area (Å²) in [6, 6.07) is 7.34. The number of benzene rings is 1. The zero-order valence-electron chi connectivity index (χ0n) is 20.5. The number of rotatable bonds is 5. The third-order valence-corrected chi connectivity index (χ3v) is 12.1. The molecule has 5 rings (SSSR count). The predicted molar refractivity (Wildman–Crippen MR) is 140 cm³/mol. The Morgan fingerprint density at radius 3 is 2.09 bits per heavy atom. The molecule has 3 fully saturated rings. The van der Waals surface area contributed by atoms with Crippen LogP contribution in [-0.2, 0) is 4.79 Å². The maximum Gasteiger partial charge on any atom is 0.187 e.